The number of hydrogen-bond donors (Lipinski definition) is 1. The highest BCUT2D eigenvalue weighted by Crippen LogP contribution is 2.28. The number of pyridine rings is 1. The molecule has 3 aromatic rings. The van der Waals surface area contributed by atoms with Crippen molar-refractivity contribution in [2.75, 3.05) is 11.9 Å². The largest absolute Gasteiger partial charge is 0.492 e. The summed E-state index contributed by atoms with van der Waals surface area (Å²) >= 11 is 6.21. The van der Waals surface area contributed by atoms with E-state index in [-0.39, 0.29) is 5.69 Å². The average Bonchev–Trinajstić information content (AvgIpc) is 3.12. The number of rotatable bonds is 6. The molecule has 2 aromatic heterocycles. The van der Waals surface area contributed by atoms with Crippen molar-refractivity contribution in [2.45, 2.75) is 13.8 Å². The van der Waals surface area contributed by atoms with Gasteiger partial charge in [0.25, 0.3) is 5.91 Å². The second kappa shape index (κ2) is 8.01. The molecule has 0 saturated carbocycles. The molecular weight excluding hydrogens is 354 g/mol. The third-order valence-corrected chi connectivity index (χ3v) is 3.75. The molecule has 0 aliphatic carbocycles. The van der Waals surface area contributed by atoms with Crippen molar-refractivity contribution in [1.82, 2.24) is 10.1 Å². The zero-order valence-electron chi connectivity index (χ0n) is 14.4. The van der Waals surface area contributed by atoms with E-state index in [9.17, 15) is 4.79 Å². The molecule has 0 unspecified atom stereocenters. The predicted molar refractivity (Wildman–Crippen MR) is 99.5 cm³/mol. The van der Waals surface area contributed by atoms with Gasteiger partial charge in [0.15, 0.2) is 11.5 Å². The molecule has 3 rings (SSSR count). The van der Waals surface area contributed by atoms with E-state index < -0.39 is 5.91 Å². The van der Waals surface area contributed by atoms with Gasteiger partial charge in [-0.2, -0.15) is 0 Å². The van der Waals surface area contributed by atoms with Gasteiger partial charge in [-0.25, -0.2) is 0 Å². The van der Waals surface area contributed by atoms with Crippen LogP contribution in [0, 0.1) is 5.92 Å². The van der Waals surface area contributed by atoms with E-state index in [1.54, 1.807) is 42.7 Å². The summed E-state index contributed by atoms with van der Waals surface area (Å²) in [6.07, 6.45) is 3.30. The zero-order valence-corrected chi connectivity index (χ0v) is 15.2. The smallest absolute Gasteiger partial charge is 0.277 e. The van der Waals surface area contributed by atoms with Crippen LogP contribution in [-0.4, -0.2) is 22.7 Å². The molecule has 7 heteroatoms. The van der Waals surface area contributed by atoms with E-state index >= 15 is 0 Å². The standard InChI is InChI=1S/C19H18ClN3O3/c1-12(2)11-25-17-6-5-14(8-15(17)20)22-19(24)16-9-18(26-23-16)13-4-3-7-21-10-13/h3-10,12H,11H2,1-2H3,(H,22,24). The minimum Gasteiger partial charge on any atom is -0.492 e. The second-order valence-electron chi connectivity index (χ2n) is 6.12. The van der Waals surface area contributed by atoms with Crippen LogP contribution in [0.1, 0.15) is 24.3 Å². The fraction of sp³-hybridized carbons (Fsp3) is 0.211. The van der Waals surface area contributed by atoms with E-state index in [0.717, 1.165) is 5.56 Å². The number of aromatic nitrogens is 2. The van der Waals surface area contributed by atoms with Gasteiger partial charge in [0, 0.05) is 29.7 Å². The van der Waals surface area contributed by atoms with Gasteiger partial charge in [0.1, 0.15) is 5.75 Å². The Bertz CT molecular complexity index is 894. The van der Waals surface area contributed by atoms with Crippen LogP contribution in [-0.2, 0) is 0 Å². The topological polar surface area (TPSA) is 77.2 Å². The maximum absolute atomic E-state index is 12.3. The van der Waals surface area contributed by atoms with Gasteiger partial charge < -0.3 is 14.6 Å². The molecule has 1 N–H and O–H groups in total. The second-order valence-corrected chi connectivity index (χ2v) is 6.53. The first-order valence-electron chi connectivity index (χ1n) is 8.13. The van der Waals surface area contributed by atoms with Gasteiger partial charge in [0.05, 0.1) is 11.6 Å². The first-order valence-corrected chi connectivity index (χ1v) is 8.51. The van der Waals surface area contributed by atoms with Crippen LogP contribution >= 0.6 is 11.6 Å². The quantitative estimate of drug-likeness (QED) is 0.680. The van der Waals surface area contributed by atoms with Gasteiger partial charge in [-0.1, -0.05) is 30.6 Å². The van der Waals surface area contributed by atoms with Gasteiger partial charge in [0.2, 0.25) is 0 Å². The van der Waals surface area contributed by atoms with Crippen molar-refractivity contribution in [3.05, 3.63) is 59.5 Å². The predicted octanol–water partition coefficient (Wildman–Crippen LogP) is 4.68. The number of halogens is 1. The molecule has 1 aromatic carbocycles. The summed E-state index contributed by atoms with van der Waals surface area (Å²) < 4.78 is 10.8. The van der Waals surface area contributed by atoms with Crippen LogP contribution in [0.5, 0.6) is 5.75 Å². The number of ether oxygens (including phenoxy) is 1. The summed E-state index contributed by atoms with van der Waals surface area (Å²) in [6, 6.07) is 10.3. The maximum atomic E-state index is 12.3. The van der Waals surface area contributed by atoms with Crippen LogP contribution < -0.4 is 10.1 Å². The lowest BCUT2D eigenvalue weighted by atomic mass is 10.2. The number of carbonyl (C=O) groups is 1. The third-order valence-electron chi connectivity index (χ3n) is 3.45. The first-order chi connectivity index (χ1) is 12.5. The molecule has 134 valence electrons. The van der Waals surface area contributed by atoms with Crippen molar-refractivity contribution in [3.8, 4) is 17.1 Å². The van der Waals surface area contributed by atoms with Crippen LogP contribution in [0.25, 0.3) is 11.3 Å². The molecule has 0 spiro atoms. The molecule has 1 amide bonds. The Morgan fingerprint density at radius 2 is 2.15 bits per heavy atom. The fourth-order valence-corrected chi connectivity index (χ4v) is 2.41. The molecule has 0 fully saturated rings. The lowest BCUT2D eigenvalue weighted by Crippen LogP contribution is -2.12. The maximum Gasteiger partial charge on any atom is 0.277 e. The Morgan fingerprint density at radius 1 is 1.31 bits per heavy atom. The molecule has 0 aliphatic heterocycles. The molecule has 0 radical (unpaired) electrons. The summed E-state index contributed by atoms with van der Waals surface area (Å²) in [6.45, 7) is 4.68. The van der Waals surface area contributed by atoms with Crippen LogP contribution in [0.2, 0.25) is 5.02 Å². The van der Waals surface area contributed by atoms with Gasteiger partial charge in [-0.05, 0) is 36.2 Å². The summed E-state index contributed by atoms with van der Waals surface area (Å²) in [5.41, 5.74) is 1.46. The van der Waals surface area contributed by atoms with Gasteiger partial charge in [-0.3, -0.25) is 9.78 Å². The number of benzene rings is 1. The zero-order chi connectivity index (χ0) is 18.5. The normalized spacial score (nSPS) is 10.8. The van der Waals surface area contributed by atoms with Crippen molar-refractivity contribution in [3.63, 3.8) is 0 Å². The van der Waals surface area contributed by atoms with E-state index in [1.165, 1.54) is 0 Å². The molecular formula is C19H18ClN3O3. The number of carbonyl (C=O) groups excluding carboxylic acids is 1. The molecule has 0 saturated heterocycles. The Kier molecular flexibility index (Phi) is 5.53. The summed E-state index contributed by atoms with van der Waals surface area (Å²) in [7, 11) is 0. The molecule has 26 heavy (non-hydrogen) atoms. The SMILES string of the molecule is CC(C)COc1ccc(NC(=O)c2cc(-c3cccnc3)on2)cc1Cl. The monoisotopic (exact) mass is 371 g/mol. The Balaban J connectivity index is 1.68. The van der Waals surface area contributed by atoms with Crippen molar-refractivity contribution in [2.24, 2.45) is 5.92 Å². The molecule has 6 nitrogen and oxygen atoms in total. The molecule has 2 heterocycles. The van der Waals surface area contributed by atoms with Crippen LogP contribution in [0.3, 0.4) is 0 Å². The van der Waals surface area contributed by atoms with E-state index in [4.69, 9.17) is 20.9 Å². The fourth-order valence-electron chi connectivity index (χ4n) is 2.17. The Hall–Kier alpha value is -2.86. The Labute approximate surface area is 156 Å². The number of amides is 1. The number of anilines is 1. The third kappa shape index (κ3) is 4.40. The lowest BCUT2D eigenvalue weighted by Gasteiger charge is -2.11. The lowest BCUT2D eigenvalue weighted by molar-refractivity contribution is 0.101. The van der Waals surface area contributed by atoms with Crippen molar-refractivity contribution in [1.29, 1.82) is 0 Å². The summed E-state index contributed by atoms with van der Waals surface area (Å²) in [5, 5.41) is 6.97. The first kappa shape index (κ1) is 17.9. The van der Waals surface area contributed by atoms with Crippen molar-refractivity contribution >= 4 is 23.2 Å². The highest BCUT2D eigenvalue weighted by Gasteiger charge is 2.15. The average molecular weight is 372 g/mol. The van der Waals surface area contributed by atoms with Crippen LogP contribution in [0.4, 0.5) is 5.69 Å². The van der Waals surface area contributed by atoms with Gasteiger partial charge >= 0.3 is 0 Å². The van der Waals surface area contributed by atoms with E-state index in [2.05, 4.69) is 29.3 Å². The van der Waals surface area contributed by atoms with E-state index in [0.29, 0.717) is 34.7 Å². The molecule has 0 bridgehead atoms. The number of nitrogens with one attached hydrogen (secondary N) is 1. The summed E-state index contributed by atoms with van der Waals surface area (Å²) in [4.78, 5) is 16.4. The minimum atomic E-state index is -0.393. The molecule has 0 atom stereocenters. The highest BCUT2D eigenvalue weighted by molar-refractivity contribution is 6.32. The van der Waals surface area contributed by atoms with Crippen molar-refractivity contribution < 1.29 is 14.1 Å². The van der Waals surface area contributed by atoms with Gasteiger partial charge in [-0.15, -0.1) is 0 Å². The highest BCUT2D eigenvalue weighted by atomic mass is 35.5. The van der Waals surface area contributed by atoms with E-state index in [1.807, 2.05) is 6.07 Å². The minimum absolute atomic E-state index is 0.167. The Morgan fingerprint density at radius 3 is 2.85 bits per heavy atom. The molecule has 0 aliphatic rings. The summed E-state index contributed by atoms with van der Waals surface area (Å²) in [5.74, 6) is 1.06. The van der Waals surface area contributed by atoms with Crippen LogP contribution in [0.15, 0.2) is 53.3 Å². The number of nitrogens with zero attached hydrogens (tertiary/aromatic N) is 2. The number of hydrogen-bond acceptors (Lipinski definition) is 5.